The quantitative estimate of drug-likeness (QED) is 0.789. The molecule has 2 heterocycles. The number of fused-ring (bicyclic) bond motifs is 1. The molecule has 4 rings (SSSR count). The van der Waals surface area contributed by atoms with Crippen LogP contribution in [0.2, 0.25) is 0 Å². The number of rotatable bonds is 5. The molecule has 1 fully saturated rings. The first-order valence-electron chi connectivity index (χ1n) is 9.30. The van der Waals surface area contributed by atoms with E-state index in [9.17, 15) is 4.79 Å². The highest BCUT2D eigenvalue weighted by atomic mass is 16.7. The van der Waals surface area contributed by atoms with Crippen molar-refractivity contribution in [2.45, 2.75) is 6.54 Å². The lowest BCUT2D eigenvalue weighted by Gasteiger charge is -2.35. The summed E-state index contributed by atoms with van der Waals surface area (Å²) in [5.41, 5.74) is 1.80. The fraction of sp³-hybridized carbons (Fsp3) is 0.381. The molecule has 0 aliphatic carbocycles. The SMILES string of the molecule is COc1ccc(CN2CCN(C(=O)c3ccc4c(c3)OCO4)CC2)cc1OC. The van der Waals surface area contributed by atoms with Crippen molar-refractivity contribution in [2.24, 2.45) is 0 Å². The number of amides is 1. The number of nitrogens with zero attached hydrogens (tertiary/aromatic N) is 2. The van der Waals surface area contributed by atoms with Crippen LogP contribution in [0.5, 0.6) is 23.0 Å². The zero-order chi connectivity index (χ0) is 19.5. The van der Waals surface area contributed by atoms with Crippen LogP contribution in [-0.4, -0.2) is 62.9 Å². The Bertz CT molecular complexity index is 862. The van der Waals surface area contributed by atoms with Gasteiger partial charge in [-0.2, -0.15) is 0 Å². The predicted octanol–water partition coefficient (Wildman–Crippen LogP) is 2.39. The van der Waals surface area contributed by atoms with Crippen LogP contribution in [0.25, 0.3) is 0 Å². The van der Waals surface area contributed by atoms with E-state index in [2.05, 4.69) is 4.90 Å². The number of methoxy groups -OCH3 is 2. The Morgan fingerprint density at radius 1 is 0.929 bits per heavy atom. The largest absolute Gasteiger partial charge is 0.493 e. The van der Waals surface area contributed by atoms with Gasteiger partial charge in [0, 0.05) is 38.3 Å². The van der Waals surface area contributed by atoms with E-state index >= 15 is 0 Å². The topological polar surface area (TPSA) is 60.5 Å². The molecule has 148 valence electrons. The van der Waals surface area contributed by atoms with Gasteiger partial charge in [0.25, 0.3) is 5.91 Å². The zero-order valence-electron chi connectivity index (χ0n) is 16.1. The van der Waals surface area contributed by atoms with Crippen molar-refractivity contribution in [1.29, 1.82) is 0 Å². The highest BCUT2D eigenvalue weighted by Gasteiger charge is 2.24. The molecule has 2 aromatic carbocycles. The normalized spacial score (nSPS) is 16.1. The molecule has 7 nitrogen and oxygen atoms in total. The number of ether oxygens (including phenoxy) is 4. The summed E-state index contributed by atoms with van der Waals surface area (Å²) in [6.07, 6.45) is 0. The van der Waals surface area contributed by atoms with Gasteiger partial charge in [0.2, 0.25) is 6.79 Å². The molecular weight excluding hydrogens is 360 g/mol. The Morgan fingerprint density at radius 3 is 2.43 bits per heavy atom. The second kappa shape index (κ2) is 7.98. The molecule has 0 spiro atoms. The van der Waals surface area contributed by atoms with E-state index in [1.807, 2.05) is 23.1 Å². The van der Waals surface area contributed by atoms with Gasteiger partial charge in [0.05, 0.1) is 14.2 Å². The standard InChI is InChI=1S/C21H24N2O5/c1-25-17-5-3-15(11-19(17)26-2)13-22-7-9-23(10-8-22)21(24)16-4-6-18-20(12-16)28-14-27-18/h3-6,11-12H,7-10,13-14H2,1-2H3. The fourth-order valence-electron chi connectivity index (χ4n) is 3.56. The van der Waals surface area contributed by atoms with Crippen molar-refractivity contribution in [3.63, 3.8) is 0 Å². The second-order valence-corrected chi connectivity index (χ2v) is 6.83. The number of benzene rings is 2. The lowest BCUT2D eigenvalue weighted by molar-refractivity contribution is 0.0628. The summed E-state index contributed by atoms with van der Waals surface area (Å²) in [6, 6.07) is 11.3. The van der Waals surface area contributed by atoms with E-state index in [1.54, 1.807) is 32.4 Å². The van der Waals surface area contributed by atoms with Crippen molar-refractivity contribution in [2.75, 3.05) is 47.2 Å². The summed E-state index contributed by atoms with van der Waals surface area (Å²) in [6.45, 7) is 4.06. The van der Waals surface area contributed by atoms with E-state index in [-0.39, 0.29) is 12.7 Å². The molecule has 1 saturated heterocycles. The molecule has 0 radical (unpaired) electrons. The summed E-state index contributed by atoms with van der Waals surface area (Å²) in [7, 11) is 3.27. The average Bonchev–Trinajstić information content (AvgIpc) is 3.21. The summed E-state index contributed by atoms with van der Waals surface area (Å²) in [4.78, 5) is 17.0. The smallest absolute Gasteiger partial charge is 0.254 e. The third-order valence-electron chi connectivity index (χ3n) is 5.13. The van der Waals surface area contributed by atoms with Gasteiger partial charge in [-0.15, -0.1) is 0 Å². The number of hydrogen-bond acceptors (Lipinski definition) is 6. The molecule has 0 aromatic heterocycles. The number of hydrogen-bond donors (Lipinski definition) is 0. The molecular formula is C21H24N2O5. The van der Waals surface area contributed by atoms with E-state index < -0.39 is 0 Å². The first-order valence-corrected chi connectivity index (χ1v) is 9.30. The Hall–Kier alpha value is -2.93. The van der Waals surface area contributed by atoms with Gasteiger partial charge < -0.3 is 23.8 Å². The number of piperazine rings is 1. The molecule has 1 amide bonds. The van der Waals surface area contributed by atoms with Gasteiger partial charge in [-0.25, -0.2) is 0 Å². The summed E-state index contributed by atoms with van der Waals surface area (Å²) in [5, 5.41) is 0. The first kappa shape index (κ1) is 18.4. The maximum absolute atomic E-state index is 12.8. The van der Waals surface area contributed by atoms with E-state index in [4.69, 9.17) is 18.9 Å². The van der Waals surface area contributed by atoms with Gasteiger partial charge in [-0.05, 0) is 35.9 Å². The molecule has 28 heavy (non-hydrogen) atoms. The maximum Gasteiger partial charge on any atom is 0.254 e. The van der Waals surface area contributed by atoms with Gasteiger partial charge in [0.15, 0.2) is 23.0 Å². The minimum atomic E-state index is 0.0315. The van der Waals surface area contributed by atoms with Crippen molar-refractivity contribution in [1.82, 2.24) is 9.80 Å². The molecule has 2 aromatic rings. The average molecular weight is 384 g/mol. The van der Waals surface area contributed by atoms with Crippen LogP contribution < -0.4 is 18.9 Å². The Labute approximate surface area is 164 Å². The summed E-state index contributed by atoms with van der Waals surface area (Å²) < 4.78 is 21.4. The molecule has 7 heteroatoms. The van der Waals surface area contributed by atoms with Crippen molar-refractivity contribution in [3.8, 4) is 23.0 Å². The zero-order valence-corrected chi connectivity index (χ0v) is 16.1. The molecule has 2 aliphatic heterocycles. The highest BCUT2D eigenvalue weighted by Crippen LogP contribution is 2.33. The molecule has 0 bridgehead atoms. The van der Waals surface area contributed by atoms with E-state index in [0.29, 0.717) is 30.2 Å². The van der Waals surface area contributed by atoms with Crippen molar-refractivity contribution >= 4 is 5.91 Å². The fourth-order valence-corrected chi connectivity index (χ4v) is 3.56. The van der Waals surface area contributed by atoms with Crippen LogP contribution in [0, 0.1) is 0 Å². The van der Waals surface area contributed by atoms with Gasteiger partial charge in [-0.1, -0.05) is 6.07 Å². The van der Waals surface area contributed by atoms with Crippen LogP contribution in [0.3, 0.4) is 0 Å². The molecule has 0 saturated carbocycles. The number of carbonyl (C=O) groups is 1. The molecule has 0 N–H and O–H groups in total. The van der Waals surface area contributed by atoms with E-state index in [0.717, 1.165) is 36.7 Å². The summed E-state index contributed by atoms with van der Waals surface area (Å²) in [5.74, 6) is 2.82. The highest BCUT2D eigenvalue weighted by molar-refractivity contribution is 5.95. The number of carbonyl (C=O) groups excluding carboxylic acids is 1. The van der Waals surface area contributed by atoms with E-state index in [1.165, 1.54) is 0 Å². The first-order chi connectivity index (χ1) is 13.7. The van der Waals surface area contributed by atoms with Gasteiger partial charge in [-0.3, -0.25) is 9.69 Å². The second-order valence-electron chi connectivity index (χ2n) is 6.83. The van der Waals surface area contributed by atoms with Gasteiger partial charge >= 0.3 is 0 Å². The lowest BCUT2D eigenvalue weighted by Crippen LogP contribution is -2.48. The Kier molecular flexibility index (Phi) is 5.25. The molecule has 0 atom stereocenters. The Morgan fingerprint density at radius 2 is 1.68 bits per heavy atom. The van der Waals surface area contributed by atoms with Crippen LogP contribution in [0.1, 0.15) is 15.9 Å². The monoisotopic (exact) mass is 384 g/mol. The van der Waals surface area contributed by atoms with Crippen molar-refractivity contribution in [3.05, 3.63) is 47.5 Å². The third kappa shape index (κ3) is 3.71. The predicted molar refractivity (Wildman–Crippen MR) is 103 cm³/mol. The van der Waals surface area contributed by atoms with Crippen molar-refractivity contribution < 1.29 is 23.7 Å². The third-order valence-corrected chi connectivity index (χ3v) is 5.13. The molecule has 2 aliphatic rings. The van der Waals surface area contributed by atoms with Crippen LogP contribution >= 0.6 is 0 Å². The van der Waals surface area contributed by atoms with Crippen LogP contribution in [0.15, 0.2) is 36.4 Å². The van der Waals surface area contributed by atoms with Crippen LogP contribution in [-0.2, 0) is 6.54 Å². The summed E-state index contributed by atoms with van der Waals surface area (Å²) >= 11 is 0. The van der Waals surface area contributed by atoms with Crippen LogP contribution in [0.4, 0.5) is 0 Å². The molecule has 0 unspecified atom stereocenters. The lowest BCUT2D eigenvalue weighted by atomic mass is 10.1. The minimum Gasteiger partial charge on any atom is -0.493 e. The maximum atomic E-state index is 12.8. The minimum absolute atomic E-state index is 0.0315. The van der Waals surface area contributed by atoms with Gasteiger partial charge in [0.1, 0.15) is 0 Å². The Balaban J connectivity index is 1.35.